The van der Waals surface area contributed by atoms with Gasteiger partial charge in [-0.2, -0.15) is 0 Å². The molecule has 0 aliphatic carbocycles. The zero-order valence-electron chi connectivity index (χ0n) is 12.4. The maximum absolute atomic E-state index is 13.7. The molecule has 3 heteroatoms. The zero-order chi connectivity index (χ0) is 15.2. The van der Waals surface area contributed by atoms with E-state index in [1.54, 1.807) is 13.0 Å². The van der Waals surface area contributed by atoms with Gasteiger partial charge < -0.3 is 5.32 Å². The molecule has 0 heterocycles. The molecule has 0 aliphatic rings. The number of nitrogens with one attached hydrogen (secondary N) is 1. The number of amides is 1. The van der Waals surface area contributed by atoms with Crippen LogP contribution in [0.5, 0.6) is 0 Å². The van der Waals surface area contributed by atoms with Crippen molar-refractivity contribution in [1.82, 2.24) is 5.32 Å². The first-order valence-corrected chi connectivity index (χ1v) is 7.17. The standard InChI is InChI=1S/C18H20FNO/c1-13-8-9-16(17(19)12-13)18(21)20-11-10-14(2)15-6-4-3-5-7-15/h3-9,12,14H,10-11H2,1-2H3,(H,20,21). The van der Waals surface area contributed by atoms with Crippen LogP contribution in [0.1, 0.15) is 40.7 Å². The van der Waals surface area contributed by atoms with Gasteiger partial charge in [0, 0.05) is 6.54 Å². The molecule has 0 bridgehead atoms. The van der Waals surface area contributed by atoms with Crippen LogP contribution in [0, 0.1) is 12.7 Å². The SMILES string of the molecule is Cc1ccc(C(=O)NCCC(C)c2ccccc2)c(F)c1. The van der Waals surface area contributed by atoms with Gasteiger partial charge in [0.05, 0.1) is 5.56 Å². The molecule has 2 aromatic rings. The summed E-state index contributed by atoms with van der Waals surface area (Å²) in [6.07, 6.45) is 0.823. The van der Waals surface area contributed by atoms with Crippen molar-refractivity contribution in [3.05, 3.63) is 71.0 Å². The summed E-state index contributed by atoms with van der Waals surface area (Å²) >= 11 is 0. The van der Waals surface area contributed by atoms with Gasteiger partial charge in [0.2, 0.25) is 0 Å². The molecule has 0 spiro atoms. The Morgan fingerprint density at radius 2 is 1.90 bits per heavy atom. The Balaban J connectivity index is 1.87. The van der Waals surface area contributed by atoms with Crippen LogP contribution in [0.3, 0.4) is 0 Å². The van der Waals surface area contributed by atoms with E-state index in [2.05, 4.69) is 24.4 Å². The summed E-state index contributed by atoms with van der Waals surface area (Å²) in [5.74, 6) is -0.467. The molecule has 1 N–H and O–H groups in total. The number of benzene rings is 2. The minimum absolute atomic E-state index is 0.105. The van der Waals surface area contributed by atoms with Crippen LogP contribution in [0.15, 0.2) is 48.5 Å². The van der Waals surface area contributed by atoms with Gasteiger partial charge in [-0.15, -0.1) is 0 Å². The molecule has 0 saturated carbocycles. The van der Waals surface area contributed by atoms with E-state index in [1.165, 1.54) is 17.7 Å². The molecule has 21 heavy (non-hydrogen) atoms. The van der Waals surface area contributed by atoms with Crippen molar-refractivity contribution in [2.45, 2.75) is 26.2 Å². The van der Waals surface area contributed by atoms with Crippen molar-refractivity contribution in [3.8, 4) is 0 Å². The number of hydrogen-bond acceptors (Lipinski definition) is 1. The fourth-order valence-electron chi connectivity index (χ4n) is 2.25. The number of hydrogen-bond donors (Lipinski definition) is 1. The van der Waals surface area contributed by atoms with E-state index >= 15 is 0 Å². The highest BCUT2D eigenvalue weighted by molar-refractivity contribution is 5.94. The maximum Gasteiger partial charge on any atom is 0.254 e. The molecule has 0 saturated heterocycles. The van der Waals surface area contributed by atoms with E-state index in [1.807, 2.05) is 18.2 Å². The quantitative estimate of drug-likeness (QED) is 0.882. The highest BCUT2D eigenvalue weighted by Gasteiger charge is 2.12. The van der Waals surface area contributed by atoms with Crippen molar-refractivity contribution in [1.29, 1.82) is 0 Å². The van der Waals surface area contributed by atoms with Gasteiger partial charge in [0.15, 0.2) is 0 Å². The van der Waals surface area contributed by atoms with Gasteiger partial charge >= 0.3 is 0 Å². The van der Waals surface area contributed by atoms with Gasteiger partial charge in [-0.1, -0.05) is 43.3 Å². The molecular weight excluding hydrogens is 265 g/mol. The normalized spacial score (nSPS) is 12.0. The second-order valence-corrected chi connectivity index (χ2v) is 5.34. The summed E-state index contributed by atoms with van der Waals surface area (Å²) in [7, 11) is 0. The van der Waals surface area contributed by atoms with Crippen LogP contribution in [0.4, 0.5) is 4.39 Å². The van der Waals surface area contributed by atoms with E-state index in [0.717, 1.165) is 12.0 Å². The van der Waals surface area contributed by atoms with Crippen molar-refractivity contribution in [2.75, 3.05) is 6.54 Å². The monoisotopic (exact) mass is 285 g/mol. The van der Waals surface area contributed by atoms with Crippen LogP contribution in [-0.4, -0.2) is 12.5 Å². The first-order chi connectivity index (χ1) is 10.1. The Hall–Kier alpha value is -2.16. The third kappa shape index (κ3) is 4.15. The van der Waals surface area contributed by atoms with E-state index in [4.69, 9.17) is 0 Å². The van der Waals surface area contributed by atoms with Crippen LogP contribution < -0.4 is 5.32 Å². The number of aryl methyl sites for hydroxylation is 1. The Morgan fingerprint density at radius 1 is 1.19 bits per heavy atom. The summed E-state index contributed by atoms with van der Waals surface area (Å²) in [6, 6.07) is 14.8. The Kier molecular flexibility index (Phi) is 5.09. The van der Waals surface area contributed by atoms with Crippen LogP contribution in [-0.2, 0) is 0 Å². The largest absolute Gasteiger partial charge is 0.352 e. The van der Waals surface area contributed by atoms with E-state index in [9.17, 15) is 9.18 Å². The molecule has 0 aliphatic heterocycles. The van der Waals surface area contributed by atoms with Crippen LogP contribution in [0.2, 0.25) is 0 Å². The predicted molar refractivity (Wildman–Crippen MR) is 82.9 cm³/mol. The Bertz CT molecular complexity index is 610. The van der Waals surface area contributed by atoms with E-state index in [-0.39, 0.29) is 11.5 Å². The second-order valence-electron chi connectivity index (χ2n) is 5.34. The summed E-state index contributed by atoms with van der Waals surface area (Å²) in [5.41, 5.74) is 2.16. The summed E-state index contributed by atoms with van der Waals surface area (Å²) in [4.78, 5) is 11.9. The van der Waals surface area contributed by atoms with Crippen molar-refractivity contribution >= 4 is 5.91 Å². The molecule has 1 atom stereocenters. The van der Waals surface area contributed by atoms with E-state index < -0.39 is 5.82 Å². The molecule has 0 fully saturated rings. The minimum Gasteiger partial charge on any atom is -0.352 e. The lowest BCUT2D eigenvalue weighted by Gasteiger charge is -2.12. The van der Waals surface area contributed by atoms with Crippen LogP contribution >= 0.6 is 0 Å². The van der Waals surface area contributed by atoms with Gasteiger partial charge in [-0.05, 0) is 42.5 Å². The van der Waals surface area contributed by atoms with Crippen molar-refractivity contribution < 1.29 is 9.18 Å². The third-order valence-electron chi connectivity index (χ3n) is 3.60. The van der Waals surface area contributed by atoms with Crippen molar-refractivity contribution in [2.24, 2.45) is 0 Å². The summed E-state index contributed by atoms with van der Waals surface area (Å²) < 4.78 is 13.7. The average Bonchev–Trinajstić information content (AvgIpc) is 2.47. The minimum atomic E-state index is -0.469. The number of carbonyl (C=O) groups is 1. The molecule has 2 rings (SSSR count). The van der Waals surface area contributed by atoms with Crippen molar-refractivity contribution in [3.63, 3.8) is 0 Å². The lowest BCUT2D eigenvalue weighted by Crippen LogP contribution is -2.26. The van der Waals surface area contributed by atoms with Gasteiger partial charge in [0.25, 0.3) is 5.91 Å². The fourth-order valence-corrected chi connectivity index (χ4v) is 2.25. The first kappa shape index (κ1) is 15.2. The highest BCUT2D eigenvalue weighted by Crippen LogP contribution is 2.17. The van der Waals surface area contributed by atoms with Gasteiger partial charge in [-0.3, -0.25) is 4.79 Å². The van der Waals surface area contributed by atoms with Gasteiger partial charge in [0.1, 0.15) is 5.82 Å². The lowest BCUT2D eigenvalue weighted by atomic mass is 9.98. The number of rotatable bonds is 5. The fraction of sp³-hybridized carbons (Fsp3) is 0.278. The van der Waals surface area contributed by atoms with Gasteiger partial charge in [-0.25, -0.2) is 4.39 Å². The van der Waals surface area contributed by atoms with Crippen LogP contribution in [0.25, 0.3) is 0 Å². The molecular formula is C18H20FNO. The summed E-state index contributed by atoms with van der Waals surface area (Å²) in [6.45, 7) is 4.45. The zero-order valence-corrected chi connectivity index (χ0v) is 12.4. The number of carbonyl (C=O) groups excluding carboxylic acids is 1. The molecule has 2 nitrogen and oxygen atoms in total. The maximum atomic E-state index is 13.7. The average molecular weight is 285 g/mol. The van der Waals surface area contributed by atoms with E-state index in [0.29, 0.717) is 12.5 Å². The molecule has 0 radical (unpaired) electrons. The second kappa shape index (κ2) is 7.02. The Labute approximate surface area is 125 Å². The number of halogens is 1. The smallest absolute Gasteiger partial charge is 0.254 e. The molecule has 1 unspecified atom stereocenters. The topological polar surface area (TPSA) is 29.1 Å². The molecule has 0 aromatic heterocycles. The first-order valence-electron chi connectivity index (χ1n) is 7.17. The molecule has 2 aromatic carbocycles. The predicted octanol–water partition coefficient (Wildman–Crippen LogP) is 4.06. The Morgan fingerprint density at radius 3 is 2.57 bits per heavy atom. The third-order valence-corrected chi connectivity index (χ3v) is 3.60. The lowest BCUT2D eigenvalue weighted by molar-refractivity contribution is 0.0948. The molecule has 110 valence electrons. The highest BCUT2D eigenvalue weighted by atomic mass is 19.1. The molecule has 1 amide bonds. The summed E-state index contributed by atoms with van der Waals surface area (Å²) in [5, 5.41) is 2.78.